The summed E-state index contributed by atoms with van der Waals surface area (Å²) < 4.78 is 7.52. The minimum Gasteiger partial charge on any atom is -0.488 e. The molecule has 1 amide bonds. The van der Waals surface area contributed by atoms with Crippen molar-refractivity contribution in [2.24, 2.45) is 5.73 Å². The van der Waals surface area contributed by atoms with Gasteiger partial charge in [-0.25, -0.2) is 14.4 Å². The molecule has 21 heteroatoms. The van der Waals surface area contributed by atoms with E-state index in [2.05, 4.69) is 50.9 Å². The summed E-state index contributed by atoms with van der Waals surface area (Å²) in [5.74, 6) is -7.30. The monoisotopic (exact) mass is 1620 g/mol. The molecule has 0 radical (unpaired) electrons. The quantitative estimate of drug-likeness (QED) is 0.0130. The van der Waals surface area contributed by atoms with Crippen LogP contribution in [0.5, 0.6) is 5.75 Å². The van der Waals surface area contributed by atoms with E-state index >= 15 is 0 Å². The lowest BCUT2D eigenvalue weighted by Crippen LogP contribution is -2.22. The fraction of sp³-hybridized carbons (Fsp3) is 0.414. The van der Waals surface area contributed by atoms with Gasteiger partial charge in [0.05, 0.1) is 36.8 Å². The fourth-order valence-corrected chi connectivity index (χ4v) is 12.8. The van der Waals surface area contributed by atoms with Gasteiger partial charge < -0.3 is 51.3 Å². The van der Waals surface area contributed by atoms with E-state index in [0.29, 0.717) is 24.0 Å². The molecule has 0 heterocycles. The third kappa shape index (κ3) is 40.5. The van der Waals surface area contributed by atoms with Gasteiger partial charge in [-0.3, -0.25) is 28.8 Å². The standard InChI is InChI=1S/C20H40O2.C15H12O2.C14H20O3.C11H7BrO2.C11H12O4.C8H7BrO2.C8H13NO3/c1-2-3-4-5-6-7-8-9-10-11-12-13-14-15-16-17-18-19-20(21)22;16-15(17)9-14-12-7-3-1-5-10(12)11-6-2-4-8-13(11)14;1-10(9-13(15)16)11-5-7-12(8-6-11)17-14(2,3)4;12-10-6-5-9(11(13)14)7-3-1-2-4-8(7)10;12-10(13)6-9(7-11(14)15)8-4-2-1-3-5-8;1-5-4-6(9)2-3-7(5)8(10)11;1-2-3-4-6(8(11)12)5-7(9)10/h2-19H2,1H3,(H,21,22);1-8,14H,9H2,(H,16,17);5-8,10H,9H2,1-4H3,(H,15,16);1-6H,(H,13,14);1-5,9H,6-7H2,(H,12,13)(H,14,15);2-4H,1H3,(H,10,11);5H,2-4H2,1H3,(H2,9,10)(H,11,12)/b;;;;;;6-5-/t;;10-;;;;/m..0..../s1. The molecular formula is C87H111Br2NO18. The highest BCUT2D eigenvalue weighted by molar-refractivity contribution is 9.11. The number of amides is 1. The number of halogens is 2. The number of rotatable bonds is 36. The van der Waals surface area contributed by atoms with Crippen LogP contribution in [0.3, 0.4) is 0 Å². The highest BCUT2D eigenvalue weighted by Gasteiger charge is 2.29. The Hall–Kier alpha value is -9.47. The number of carboxylic acid groups (broad SMARTS) is 8. The lowest BCUT2D eigenvalue weighted by Gasteiger charge is -2.21. The number of aromatic carboxylic acids is 2. The van der Waals surface area contributed by atoms with Crippen LogP contribution in [0.2, 0.25) is 0 Å². The predicted molar refractivity (Wildman–Crippen MR) is 432 cm³/mol. The average Bonchev–Trinajstić information content (AvgIpc) is 1.60. The molecule has 0 saturated heterocycles. The van der Waals surface area contributed by atoms with Gasteiger partial charge in [-0.15, -0.1) is 0 Å². The maximum absolute atomic E-state index is 11.0. The Morgan fingerprint density at radius 1 is 0.463 bits per heavy atom. The van der Waals surface area contributed by atoms with Crippen LogP contribution in [0.25, 0.3) is 21.9 Å². The first-order chi connectivity index (χ1) is 51.3. The Morgan fingerprint density at radius 3 is 1.31 bits per heavy atom. The van der Waals surface area contributed by atoms with E-state index in [-0.39, 0.29) is 48.7 Å². The third-order valence-electron chi connectivity index (χ3n) is 17.2. The summed E-state index contributed by atoms with van der Waals surface area (Å²) in [5.41, 5.74) is 12.6. The molecule has 7 aromatic rings. The number of carboxylic acids is 8. The van der Waals surface area contributed by atoms with E-state index in [0.717, 1.165) is 85.0 Å². The molecule has 7 aromatic carbocycles. The summed E-state index contributed by atoms with van der Waals surface area (Å²) in [6.07, 6.45) is 26.2. The Bertz CT molecular complexity index is 3880. The molecule has 0 aromatic heterocycles. The zero-order chi connectivity index (χ0) is 80.6. The van der Waals surface area contributed by atoms with Crippen molar-refractivity contribution >= 4 is 96.3 Å². The molecule has 1 atom stereocenters. The maximum atomic E-state index is 11.0. The van der Waals surface area contributed by atoms with Crippen molar-refractivity contribution in [3.8, 4) is 16.9 Å². The van der Waals surface area contributed by atoms with Crippen LogP contribution < -0.4 is 10.5 Å². The van der Waals surface area contributed by atoms with E-state index in [1.165, 1.54) is 107 Å². The number of hydrogen-bond acceptors (Lipinski definition) is 10. The van der Waals surface area contributed by atoms with Crippen molar-refractivity contribution in [1.82, 2.24) is 0 Å². The molecule has 10 N–H and O–H groups in total. The molecular weight excluding hydrogens is 1510 g/mol. The van der Waals surface area contributed by atoms with Crippen molar-refractivity contribution in [3.63, 3.8) is 0 Å². The van der Waals surface area contributed by atoms with Gasteiger partial charge in [-0.05, 0) is 145 Å². The average molecular weight is 1620 g/mol. The topological polar surface area (TPSA) is 351 Å². The summed E-state index contributed by atoms with van der Waals surface area (Å²) >= 11 is 6.64. The van der Waals surface area contributed by atoms with E-state index in [1.807, 2.05) is 126 Å². The van der Waals surface area contributed by atoms with E-state index in [1.54, 1.807) is 61.5 Å². The molecule has 0 fully saturated rings. The zero-order valence-corrected chi connectivity index (χ0v) is 66.7. The number of carbonyl (C=O) groups excluding carboxylic acids is 1. The number of aliphatic carboxylic acids is 6. The maximum Gasteiger partial charge on any atom is 0.336 e. The molecule has 0 spiro atoms. The van der Waals surface area contributed by atoms with E-state index < -0.39 is 59.6 Å². The second-order valence-corrected chi connectivity index (χ2v) is 29.2. The van der Waals surface area contributed by atoms with Crippen molar-refractivity contribution in [1.29, 1.82) is 0 Å². The second kappa shape index (κ2) is 53.3. The Kier molecular flexibility index (Phi) is 46.7. The zero-order valence-electron chi connectivity index (χ0n) is 63.5. The van der Waals surface area contributed by atoms with Gasteiger partial charge in [0.25, 0.3) is 0 Å². The van der Waals surface area contributed by atoms with Gasteiger partial charge in [0, 0.05) is 38.9 Å². The Balaban J connectivity index is 0.000000432. The number of aryl methyl sites for hydroxylation is 1. The lowest BCUT2D eigenvalue weighted by molar-refractivity contribution is -0.140. The number of unbranched alkanes of at least 4 members (excludes halogenated alkanes) is 17. The van der Waals surface area contributed by atoms with Crippen molar-refractivity contribution in [3.05, 3.63) is 217 Å². The molecule has 1 aliphatic carbocycles. The van der Waals surface area contributed by atoms with Gasteiger partial charge >= 0.3 is 47.8 Å². The molecule has 0 aliphatic heterocycles. The predicted octanol–water partition coefficient (Wildman–Crippen LogP) is 22.0. The molecule has 586 valence electrons. The van der Waals surface area contributed by atoms with Gasteiger partial charge in [0.1, 0.15) is 11.4 Å². The molecule has 0 saturated carbocycles. The lowest BCUT2D eigenvalue weighted by atomic mass is 9.93. The first-order valence-electron chi connectivity index (χ1n) is 37.0. The molecule has 0 unspecified atom stereocenters. The van der Waals surface area contributed by atoms with Crippen LogP contribution in [0.4, 0.5) is 0 Å². The number of nitrogens with two attached hydrogens (primary N) is 1. The first kappa shape index (κ1) is 94.6. The normalized spacial score (nSPS) is 11.4. The van der Waals surface area contributed by atoms with Gasteiger partial charge in [0.2, 0.25) is 5.91 Å². The van der Waals surface area contributed by atoms with Crippen LogP contribution in [-0.2, 0) is 33.6 Å². The minimum atomic E-state index is -1.07. The Morgan fingerprint density at radius 2 is 0.898 bits per heavy atom. The van der Waals surface area contributed by atoms with Gasteiger partial charge in [0.15, 0.2) is 0 Å². The summed E-state index contributed by atoms with van der Waals surface area (Å²) in [4.78, 5) is 95.3. The summed E-state index contributed by atoms with van der Waals surface area (Å²) in [6, 6.07) is 48.5. The summed E-state index contributed by atoms with van der Waals surface area (Å²) in [5, 5.41) is 71.5. The van der Waals surface area contributed by atoms with Crippen LogP contribution >= 0.6 is 31.9 Å². The highest BCUT2D eigenvalue weighted by Crippen LogP contribution is 2.46. The molecule has 8 rings (SSSR count). The van der Waals surface area contributed by atoms with Crippen molar-refractivity contribution in [2.45, 2.75) is 232 Å². The summed E-state index contributed by atoms with van der Waals surface area (Å²) in [7, 11) is 0. The summed E-state index contributed by atoms with van der Waals surface area (Å²) in [6.45, 7) is 13.9. The van der Waals surface area contributed by atoms with Crippen LogP contribution in [0.15, 0.2) is 178 Å². The number of carbonyl (C=O) groups is 9. The van der Waals surface area contributed by atoms with Crippen LogP contribution in [-0.4, -0.2) is 100 Å². The van der Waals surface area contributed by atoms with E-state index in [4.69, 9.17) is 51.3 Å². The third-order valence-corrected chi connectivity index (χ3v) is 18.4. The smallest absolute Gasteiger partial charge is 0.336 e. The SMILES string of the molecule is CCCC/C(=C/C(N)=O)C(=O)O.CCCCCCCCCCCCCCCCCCCC(=O)O.C[C@@H](CC(=O)O)c1ccc(OC(C)(C)C)cc1.Cc1cc(Br)ccc1C(=O)O.O=C(O)CC(CC(=O)O)c1ccccc1.O=C(O)CC1c2ccccc2-c2ccccc21.O=C(O)c1ccc(Br)c2ccccc12. The molecule has 108 heavy (non-hydrogen) atoms. The first-order valence-corrected chi connectivity index (χ1v) is 38.6. The highest BCUT2D eigenvalue weighted by atomic mass is 79.9. The number of ether oxygens (including phenoxy) is 1. The molecule has 0 bridgehead atoms. The van der Waals surface area contributed by atoms with Crippen LogP contribution in [0, 0.1) is 6.92 Å². The molecule has 1 aliphatic rings. The fourth-order valence-electron chi connectivity index (χ4n) is 11.8. The minimum absolute atomic E-state index is 0.0000926. The number of hydrogen-bond donors (Lipinski definition) is 9. The Labute approximate surface area is 653 Å². The van der Waals surface area contributed by atoms with E-state index in [9.17, 15) is 43.2 Å². The van der Waals surface area contributed by atoms with Crippen molar-refractivity contribution < 1.29 is 88.7 Å². The number of benzene rings is 7. The number of primary amides is 1. The van der Waals surface area contributed by atoms with Crippen LogP contribution in [0.1, 0.15) is 268 Å². The number of fused-ring (bicyclic) bond motifs is 4. The van der Waals surface area contributed by atoms with Crippen molar-refractivity contribution in [2.75, 3.05) is 0 Å². The van der Waals surface area contributed by atoms with Gasteiger partial charge in [-0.1, -0.05) is 277 Å². The molecule has 19 nitrogen and oxygen atoms in total. The largest absolute Gasteiger partial charge is 0.488 e. The van der Waals surface area contributed by atoms with Gasteiger partial charge in [-0.2, -0.15) is 0 Å². The second-order valence-electron chi connectivity index (χ2n) is 27.4.